The van der Waals surface area contributed by atoms with Crippen LogP contribution < -0.4 is 19.5 Å². The number of nitrogens with one attached hydrogen (secondary N) is 1. The van der Waals surface area contributed by atoms with E-state index in [9.17, 15) is 0 Å². The lowest BCUT2D eigenvalue weighted by Crippen LogP contribution is -2.16. The highest BCUT2D eigenvalue weighted by Gasteiger charge is 2.04. The number of hydrogen-bond donors (Lipinski definition) is 1. The van der Waals surface area contributed by atoms with Crippen molar-refractivity contribution in [2.45, 2.75) is 19.9 Å². The zero-order valence-corrected chi connectivity index (χ0v) is 15.3. The Balaban J connectivity index is 0.00000288. The molecule has 2 aromatic rings. The molecule has 0 aliphatic rings. The van der Waals surface area contributed by atoms with E-state index in [4.69, 9.17) is 14.2 Å². The molecule has 0 saturated carbocycles. The van der Waals surface area contributed by atoms with Crippen molar-refractivity contribution in [3.63, 3.8) is 0 Å². The van der Waals surface area contributed by atoms with E-state index in [1.54, 1.807) is 14.2 Å². The van der Waals surface area contributed by atoms with Gasteiger partial charge in [-0.3, -0.25) is 0 Å². The van der Waals surface area contributed by atoms with Crippen LogP contribution in [0.3, 0.4) is 0 Å². The van der Waals surface area contributed by atoms with Gasteiger partial charge in [0.15, 0.2) is 11.5 Å². The van der Waals surface area contributed by atoms with E-state index in [-0.39, 0.29) is 12.4 Å². The van der Waals surface area contributed by atoms with Gasteiger partial charge >= 0.3 is 0 Å². The van der Waals surface area contributed by atoms with Crippen LogP contribution in [0, 0.1) is 0 Å². The van der Waals surface area contributed by atoms with E-state index in [0.29, 0.717) is 6.61 Å². The maximum Gasteiger partial charge on any atom is 0.160 e. The van der Waals surface area contributed by atoms with Crippen LogP contribution in [-0.2, 0) is 13.0 Å². The van der Waals surface area contributed by atoms with Gasteiger partial charge in [-0.05, 0) is 55.3 Å². The molecule has 0 aromatic heterocycles. The molecule has 0 heterocycles. The molecule has 1 N–H and O–H groups in total. The molecule has 132 valence electrons. The second kappa shape index (κ2) is 10.8. The lowest BCUT2D eigenvalue weighted by Gasteiger charge is -2.10. The Morgan fingerprint density at radius 3 is 2.42 bits per heavy atom. The van der Waals surface area contributed by atoms with Crippen molar-refractivity contribution in [3.8, 4) is 17.2 Å². The van der Waals surface area contributed by atoms with Crippen LogP contribution in [0.1, 0.15) is 18.1 Å². The van der Waals surface area contributed by atoms with Crippen molar-refractivity contribution >= 4 is 12.4 Å². The Bertz CT molecular complexity index is 619. The smallest absolute Gasteiger partial charge is 0.160 e. The summed E-state index contributed by atoms with van der Waals surface area (Å²) in [5.74, 6) is 2.46. The fourth-order valence-electron chi connectivity index (χ4n) is 2.41. The molecule has 4 nitrogen and oxygen atoms in total. The molecule has 0 saturated heterocycles. The highest BCUT2D eigenvalue weighted by atomic mass is 35.5. The number of halogens is 1. The van der Waals surface area contributed by atoms with Gasteiger partial charge < -0.3 is 19.5 Å². The molecule has 0 aliphatic carbocycles. The molecule has 0 bridgehead atoms. The summed E-state index contributed by atoms with van der Waals surface area (Å²) < 4.78 is 16.1. The van der Waals surface area contributed by atoms with Gasteiger partial charge in [-0.25, -0.2) is 0 Å². The minimum atomic E-state index is 0. The third-order valence-electron chi connectivity index (χ3n) is 3.58. The fraction of sp³-hybridized carbons (Fsp3) is 0.368. The Kier molecular flexibility index (Phi) is 9.05. The first-order chi connectivity index (χ1) is 11.3. The number of benzene rings is 2. The van der Waals surface area contributed by atoms with E-state index in [2.05, 4.69) is 23.5 Å². The van der Waals surface area contributed by atoms with Crippen LogP contribution in [0.4, 0.5) is 0 Å². The normalized spacial score (nSPS) is 9.96. The lowest BCUT2D eigenvalue weighted by atomic mass is 10.1. The van der Waals surface area contributed by atoms with Gasteiger partial charge in [-0.15, -0.1) is 12.4 Å². The average Bonchev–Trinajstić information content (AvgIpc) is 2.59. The van der Waals surface area contributed by atoms with Crippen LogP contribution in [0.25, 0.3) is 0 Å². The van der Waals surface area contributed by atoms with Gasteiger partial charge in [-0.1, -0.05) is 18.2 Å². The molecule has 0 atom stereocenters. The maximum atomic E-state index is 5.52. The third-order valence-corrected chi connectivity index (χ3v) is 3.58. The molecular formula is C19H26ClNO3. The number of methoxy groups -OCH3 is 2. The number of rotatable bonds is 9. The summed E-state index contributed by atoms with van der Waals surface area (Å²) in [5.41, 5.74) is 2.45. The van der Waals surface area contributed by atoms with E-state index >= 15 is 0 Å². The Labute approximate surface area is 150 Å². The Morgan fingerprint density at radius 2 is 1.71 bits per heavy atom. The highest BCUT2D eigenvalue weighted by molar-refractivity contribution is 5.85. The van der Waals surface area contributed by atoms with E-state index in [0.717, 1.165) is 36.8 Å². The van der Waals surface area contributed by atoms with Crippen molar-refractivity contribution < 1.29 is 14.2 Å². The van der Waals surface area contributed by atoms with Crippen molar-refractivity contribution in [1.82, 2.24) is 5.32 Å². The molecule has 2 aromatic carbocycles. The van der Waals surface area contributed by atoms with E-state index < -0.39 is 0 Å². The predicted molar refractivity (Wildman–Crippen MR) is 99.8 cm³/mol. The largest absolute Gasteiger partial charge is 0.494 e. The van der Waals surface area contributed by atoms with Crippen LogP contribution in [-0.4, -0.2) is 27.4 Å². The monoisotopic (exact) mass is 351 g/mol. The van der Waals surface area contributed by atoms with Crippen molar-refractivity contribution in [2.24, 2.45) is 0 Å². The summed E-state index contributed by atoms with van der Waals surface area (Å²) >= 11 is 0. The molecule has 0 radical (unpaired) electrons. The lowest BCUT2D eigenvalue weighted by molar-refractivity contribution is 0.340. The zero-order valence-electron chi connectivity index (χ0n) is 14.5. The van der Waals surface area contributed by atoms with Crippen LogP contribution in [0.2, 0.25) is 0 Å². The fourth-order valence-corrected chi connectivity index (χ4v) is 2.41. The Hall–Kier alpha value is -1.91. The first kappa shape index (κ1) is 20.1. The first-order valence-corrected chi connectivity index (χ1v) is 7.90. The molecule has 0 spiro atoms. The van der Waals surface area contributed by atoms with Gasteiger partial charge in [-0.2, -0.15) is 0 Å². The van der Waals surface area contributed by atoms with Crippen LogP contribution in [0.15, 0.2) is 42.5 Å². The van der Waals surface area contributed by atoms with Gasteiger partial charge in [0.2, 0.25) is 0 Å². The first-order valence-electron chi connectivity index (χ1n) is 7.90. The predicted octanol–water partition coefficient (Wildman–Crippen LogP) is 3.86. The zero-order chi connectivity index (χ0) is 16.5. The van der Waals surface area contributed by atoms with Gasteiger partial charge in [0.1, 0.15) is 5.75 Å². The topological polar surface area (TPSA) is 39.7 Å². The minimum Gasteiger partial charge on any atom is -0.494 e. The van der Waals surface area contributed by atoms with E-state index in [1.807, 2.05) is 31.2 Å². The quantitative estimate of drug-likeness (QED) is 0.696. The molecule has 24 heavy (non-hydrogen) atoms. The van der Waals surface area contributed by atoms with Gasteiger partial charge in [0.25, 0.3) is 0 Å². The van der Waals surface area contributed by atoms with Crippen LogP contribution in [0.5, 0.6) is 17.2 Å². The van der Waals surface area contributed by atoms with E-state index in [1.165, 1.54) is 11.1 Å². The summed E-state index contributed by atoms with van der Waals surface area (Å²) in [5, 5.41) is 3.46. The average molecular weight is 352 g/mol. The third kappa shape index (κ3) is 5.95. The summed E-state index contributed by atoms with van der Waals surface area (Å²) in [4.78, 5) is 0. The standard InChI is InChI=1S/C19H25NO3.ClH/c1-4-23-17-7-5-6-16(12-17)14-20-11-10-15-8-9-18(21-2)19(13-15)22-3;/h5-9,12-13,20H,4,10-11,14H2,1-3H3;1H. The minimum absolute atomic E-state index is 0. The van der Waals surface area contributed by atoms with Crippen LogP contribution >= 0.6 is 12.4 Å². The maximum absolute atomic E-state index is 5.52. The van der Waals surface area contributed by atoms with Crippen molar-refractivity contribution in [3.05, 3.63) is 53.6 Å². The number of ether oxygens (including phenoxy) is 3. The summed E-state index contributed by atoms with van der Waals surface area (Å²) in [6, 6.07) is 14.2. The van der Waals surface area contributed by atoms with Crippen molar-refractivity contribution in [2.75, 3.05) is 27.4 Å². The molecule has 0 unspecified atom stereocenters. The second-order valence-electron chi connectivity index (χ2n) is 5.20. The molecule has 5 heteroatoms. The molecule has 0 fully saturated rings. The number of hydrogen-bond acceptors (Lipinski definition) is 4. The van der Waals surface area contributed by atoms with Gasteiger partial charge in [0.05, 0.1) is 20.8 Å². The summed E-state index contributed by atoms with van der Waals surface area (Å²) in [6.07, 6.45) is 0.936. The van der Waals surface area contributed by atoms with Crippen molar-refractivity contribution in [1.29, 1.82) is 0 Å². The SMILES string of the molecule is CCOc1cccc(CNCCc2ccc(OC)c(OC)c2)c1.Cl. The Morgan fingerprint density at radius 1 is 0.917 bits per heavy atom. The summed E-state index contributed by atoms with van der Waals surface area (Å²) in [7, 11) is 3.31. The molecule has 0 aliphatic heterocycles. The van der Waals surface area contributed by atoms with Gasteiger partial charge in [0, 0.05) is 6.54 Å². The second-order valence-corrected chi connectivity index (χ2v) is 5.20. The molecule has 2 rings (SSSR count). The molecular weight excluding hydrogens is 326 g/mol. The summed E-state index contributed by atoms with van der Waals surface area (Å²) in [6.45, 7) is 4.41. The highest BCUT2D eigenvalue weighted by Crippen LogP contribution is 2.27. The molecule has 0 amide bonds.